The van der Waals surface area contributed by atoms with Gasteiger partial charge in [0.15, 0.2) is 16.7 Å². The summed E-state index contributed by atoms with van der Waals surface area (Å²) in [5, 5.41) is 0.696. The van der Waals surface area contributed by atoms with Crippen molar-refractivity contribution in [2.24, 2.45) is 10.9 Å². The van der Waals surface area contributed by atoms with Gasteiger partial charge in [-0.3, -0.25) is 9.69 Å². The van der Waals surface area contributed by atoms with Crippen LogP contribution < -0.4 is 9.47 Å². The molecule has 0 bridgehead atoms. The molecule has 6 heteroatoms. The lowest BCUT2D eigenvalue weighted by Crippen LogP contribution is -2.35. The third-order valence-electron chi connectivity index (χ3n) is 4.75. The average Bonchev–Trinajstić information content (AvgIpc) is 3.04. The number of rotatable bonds is 8. The van der Waals surface area contributed by atoms with Gasteiger partial charge in [0.1, 0.15) is 0 Å². The van der Waals surface area contributed by atoms with E-state index in [0.717, 1.165) is 17.0 Å². The Labute approximate surface area is 195 Å². The average molecular weight is 453 g/mol. The van der Waals surface area contributed by atoms with E-state index in [2.05, 4.69) is 13.8 Å². The lowest BCUT2D eigenvalue weighted by molar-refractivity contribution is -0.123. The van der Waals surface area contributed by atoms with Crippen molar-refractivity contribution in [3.8, 4) is 11.5 Å². The van der Waals surface area contributed by atoms with E-state index >= 15 is 0 Å². The predicted molar refractivity (Wildman–Crippen MR) is 134 cm³/mol. The summed E-state index contributed by atoms with van der Waals surface area (Å²) in [6, 6.07) is 13.8. The summed E-state index contributed by atoms with van der Waals surface area (Å²) in [6.07, 6.45) is 1.90. The van der Waals surface area contributed by atoms with E-state index in [4.69, 9.17) is 14.5 Å². The molecule has 3 rings (SSSR count). The lowest BCUT2D eigenvalue weighted by atomic mass is 10.1. The third kappa shape index (κ3) is 5.94. The Morgan fingerprint density at radius 2 is 1.75 bits per heavy atom. The smallest absolute Gasteiger partial charge is 0.266 e. The Morgan fingerprint density at radius 1 is 1.03 bits per heavy atom. The van der Waals surface area contributed by atoms with E-state index in [1.165, 1.54) is 17.3 Å². The first kappa shape index (κ1) is 23.9. The zero-order valence-electron chi connectivity index (χ0n) is 19.7. The third-order valence-corrected chi connectivity index (χ3v) is 5.73. The topological polar surface area (TPSA) is 51.1 Å². The van der Waals surface area contributed by atoms with Gasteiger partial charge in [-0.2, -0.15) is 0 Å². The van der Waals surface area contributed by atoms with Gasteiger partial charge in [-0.05, 0) is 81.3 Å². The molecule has 2 aromatic rings. The van der Waals surface area contributed by atoms with Crippen LogP contribution in [0, 0.1) is 12.8 Å². The van der Waals surface area contributed by atoms with Gasteiger partial charge in [-0.15, -0.1) is 0 Å². The number of amides is 1. The van der Waals surface area contributed by atoms with Crippen molar-refractivity contribution in [1.29, 1.82) is 0 Å². The maximum atomic E-state index is 13.2. The van der Waals surface area contributed by atoms with Gasteiger partial charge in [-0.1, -0.05) is 37.6 Å². The minimum Gasteiger partial charge on any atom is -0.490 e. The normalized spacial score (nSPS) is 16.6. The monoisotopic (exact) mass is 452 g/mol. The number of nitrogens with zero attached hydrogens (tertiary/aromatic N) is 2. The van der Waals surface area contributed by atoms with E-state index in [-0.39, 0.29) is 11.9 Å². The van der Waals surface area contributed by atoms with Crippen molar-refractivity contribution in [2.45, 2.75) is 47.6 Å². The Bertz CT molecular complexity index is 1010. The first-order valence-corrected chi connectivity index (χ1v) is 11.9. The number of hydrogen-bond donors (Lipinski definition) is 0. The number of aliphatic imine (C=N–C) groups is 1. The first-order chi connectivity index (χ1) is 15.3. The van der Waals surface area contributed by atoms with Crippen LogP contribution in [-0.2, 0) is 4.79 Å². The summed E-state index contributed by atoms with van der Waals surface area (Å²) in [5.41, 5.74) is 2.90. The van der Waals surface area contributed by atoms with Crippen LogP contribution in [0.3, 0.4) is 0 Å². The van der Waals surface area contributed by atoms with Gasteiger partial charge in [0.25, 0.3) is 5.91 Å². The van der Waals surface area contributed by atoms with E-state index in [9.17, 15) is 4.79 Å². The summed E-state index contributed by atoms with van der Waals surface area (Å²) in [7, 11) is 0. The van der Waals surface area contributed by atoms with Crippen molar-refractivity contribution in [1.82, 2.24) is 4.90 Å². The highest BCUT2D eigenvalue weighted by molar-refractivity contribution is 8.18. The molecule has 0 aromatic heterocycles. The van der Waals surface area contributed by atoms with E-state index in [1.54, 1.807) is 4.90 Å². The van der Waals surface area contributed by atoms with Crippen LogP contribution in [0.25, 0.3) is 6.08 Å². The Balaban J connectivity index is 1.91. The van der Waals surface area contributed by atoms with Gasteiger partial charge in [-0.25, -0.2) is 4.99 Å². The van der Waals surface area contributed by atoms with Gasteiger partial charge in [0, 0.05) is 6.04 Å². The molecule has 1 heterocycles. The number of carbonyl (C=O) groups excluding carboxylic acids is 1. The molecule has 5 nitrogen and oxygen atoms in total. The van der Waals surface area contributed by atoms with Crippen molar-refractivity contribution in [2.75, 3.05) is 13.2 Å². The molecule has 32 heavy (non-hydrogen) atoms. The second-order valence-electron chi connectivity index (χ2n) is 8.45. The molecular weight excluding hydrogens is 420 g/mol. The second-order valence-corrected chi connectivity index (χ2v) is 9.46. The molecule has 0 N–H and O–H groups in total. The number of benzene rings is 2. The SMILES string of the molecule is CCOc1cc(/C=C2/SC(=Nc3ccc(C)cc3)N(C(C)C)C2=O)ccc1OCC(C)C. The van der Waals surface area contributed by atoms with Crippen LogP contribution >= 0.6 is 11.8 Å². The zero-order chi connectivity index (χ0) is 23.3. The fourth-order valence-corrected chi connectivity index (χ4v) is 4.28. The molecule has 1 amide bonds. The Hall–Kier alpha value is -2.73. The highest BCUT2D eigenvalue weighted by Gasteiger charge is 2.35. The van der Waals surface area contributed by atoms with Crippen molar-refractivity contribution < 1.29 is 14.3 Å². The quantitative estimate of drug-likeness (QED) is 0.432. The van der Waals surface area contributed by atoms with Gasteiger partial charge < -0.3 is 9.47 Å². The number of ether oxygens (including phenoxy) is 2. The maximum Gasteiger partial charge on any atom is 0.266 e. The number of hydrogen-bond acceptors (Lipinski definition) is 5. The summed E-state index contributed by atoms with van der Waals surface area (Å²) in [6.45, 7) is 13.4. The highest BCUT2D eigenvalue weighted by atomic mass is 32.2. The summed E-state index contributed by atoms with van der Waals surface area (Å²) < 4.78 is 11.7. The van der Waals surface area contributed by atoms with Crippen LogP contribution in [0.15, 0.2) is 52.4 Å². The number of carbonyl (C=O) groups is 1. The molecule has 1 saturated heterocycles. The molecule has 170 valence electrons. The highest BCUT2D eigenvalue weighted by Crippen LogP contribution is 2.37. The molecule has 0 spiro atoms. The Morgan fingerprint density at radius 3 is 2.38 bits per heavy atom. The zero-order valence-corrected chi connectivity index (χ0v) is 20.5. The van der Waals surface area contributed by atoms with Crippen molar-refractivity contribution >= 4 is 34.6 Å². The van der Waals surface area contributed by atoms with Gasteiger partial charge >= 0.3 is 0 Å². The lowest BCUT2D eigenvalue weighted by Gasteiger charge is -2.19. The fraction of sp³-hybridized carbons (Fsp3) is 0.385. The van der Waals surface area contributed by atoms with Crippen LogP contribution in [0.5, 0.6) is 11.5 Å². The number of amidine groups is 1. The van der Waals surface area contributed by atoms with Crippen LogP contribution in [0.4, 0.5) is 5.69 Å². The largest absolute Gasteiger partial charge is 0.490 e. The molecule has 0 radical (unpaired) electrons. The summed E-state index contributed by atoms with van der Waals surface area (Å²) in [5.74, 6) is 1.80. The molecule has 0 aliphatic carbocycles. The van der Waals surface area contributed by atoms with Crippen molar-refractivity contribution in [3.05, 3.63) is 58.5 Å². The maximum absolute atomic E-state index is 13.2. The number of aryl methyl sites for hydroxylation is 1. The van der Waals surface area contributed by atoms with E-state index < -0.39 is 0 Å². The molecule has 1 aliphatic rings. The molecular formula is C26H32N2O3S. The first-order valence-electron chi connectivity index (χ1n) is 11.1. The molecule has 0 saturated carbocycles. The van der Waals surface area contributed by atoms with E-state index in [1.807, 2.05) is 76.2 Å². The molecule has 2 aromatic carbocycles. The Kier molecular flexibility index (Phi) is 8.02. The minimum absolute atomic E-state index is 0.0101. The van der Waals surface area contributed by atoms with Crippen LogP contribution in [0.1, 0.15) is 45.7 Å². The van der Waals surface area contributed by atoms with Crippen molar-refractivity contribution in [3.63, 3.8) is 0 Å². The molecule has 0 unspecified atom stereocenters. The number of thioether (sulfide) groups is 1. The standard InChI is InChI=1S/C26H32N2O3S/c1-7-30-23-14-20(10-13-22(23)31-16-17(2)3)15-24-25(29)28(18(4)5)26(32-24)27-21-11-8-19(6)9-12-21/h8-15,17-18H,7,16H2,1-6H3/b24-15+,27-26?. The molecule has 0 atom stereocenters. The molecule has 1 aliphatic heterocycles. The van der Waals surface area contributed by atoms with E-state index in [0.29, 0.717) is 35.0 Å². The summed E-state index contributed by atoms with van der Waals surface area (Å²) in [4.78, 5) is 20.3. The molecule has 1 fully saturated rings. The van der Waals surface area contributed by atoms with Crippen LogP contribution in [-0.4, -0.2) is 35.2 Å². The second kappa shape index (κ2) is 10.7. The minimum atomic E-state index is -0.0334. The predicted octanol–water partition coefficient (Wildman–Crippen LogP) is 6.44. The fourth-order valence-electron chi connectivity index (χ4n) is 3.16. The van der Waals surface area contributed by atoms with Gasteiger partial charge in [0.2, 0.25) is 0 Å². The summed E-state index contributed by atoms with van der Waals surface area (Å²) >= 11 is 1.40. The van der Waals surface area contributed by atoms with Gasteiger partial charge in [0.05, 0.1) is 23.8 Å². The van der Waals surface area contributed by atoms with Crippen LogP contribution in [0.2, 0.25) is 0 Å².